The van der Waals surface area contributed by atoms with Crippen LogP contribution in [0.25, 0.3) is 0 Å². The standard InChI is InChI=1S/C17H17ClO7/c1-4-23-15-12(18)7-10(8-14(15)21-2)16(19)24-9-11-5-6-13(25-11)17(20)22-3/h5-8H,4,9H2,1-3H3. The number of furan rings is 1. The quantitative estimate of drug-likeness (QED) is 0.691. The number of hydrogen-bond acceptors (Lipinski definition) is 7. The van der Waals surface area contributed by atoms with Crippen molar-refractivity contribution in [2.45, 2.75) is 13.5 Å². The van der Waals surface area contributed by atoms with Crippen LogP contribution in [0, 0.1) is 0 Å². The maximum atomic E-state index is 12.2. The van der Waals surface area contributed by atoms with Crippen molar-refractivity contribution in [3.8, 4) is 11.5 Å². The third-order valence-corrected chi connectivity index (χ3v) is 3.43. The van der Waals surface area contributed by atoms with E-state index in [0.29, 0.717) is 23.9 Å². The molecule has 2 rings (SSSR count). The Morgan fingerprint density at radius 2 is 1.92 bits per heavy atom. The molecule has 0 saturated carbocycles. The topological polar surface area (TPSA) is 84.2 Å². The van der Waals surface area contributed by atoms with Gasteiger partial charge >= 0.3 is 11.9 Å². The summed E-state index contributed by atoms with van der Waals surface area (Å²) in [6.45, 7) is 2.06. The highest BCUT2D eigenvalue weighted by Crippen LogP contribution is 2.36. The maximum absolute atomic E-state index is 12.2. The molecule has 0 amide bonds. The number of methoxy groups -OCH3 is 2. The lowest BCUT2D eigenvalue weighted by molar-refractivity contribution is 0.0438. The van der Waals surface area contributed by atoms with Crippen LogP contribution in [0.15, 0.2) is 28.7 Å². The van der Waals surface area contributed by atoms with Crippen molar-refractivity contribution in [1.29, 1.82) is 0 Å². The number of rotatable bonds is 7. The van der Waals surface area contributed by atoms with Crippen LogP contribution in [-0.2, 0) is 16.1 Å². The van der Waals surface area contributed by atoms with Crippen molar-refractivity contribution >= 4 is 23.5 Å². The van der Waals surface area contributed by atoms with Gasteiger partial charge in [-0.2, -0.15) is 0 Å². The molecular formula is C17H17ClO7. The zero-order valence-electron chi connectivity index (χ0n) is 14.0. The second-order valence-electron chi connectivity index (χ2n) is 4.76. The molecule has 0 aliphatic heterocycles. The van der Waals surface area contributed by atoms with Gasteiger partial charge in [0.05, 0.1) is 31.4 Å². The van der Waals surface area contributed by atoms with E-state index >= 15 is 0 Å². The number of carbonyl (C=O) groups excluding carboxylic acids is 2. The van der Waals surface area contributed by atoms with Crippen LogP contribution in [0.2, 0.25) is 5.02 Å². The monoisotopic (exact) mass is 368 g/mol. The van der Waals surface area contributed by atoms with Gasteiger partial charge in [-0.3, -0.25) is 0 Å². The summed E-state index contributed by atoms with van der Waals surface area (Å²) in [5.41, 5.74) is 0.199. The number of carbonyl (C=O) groups is 2. The van der Waals surface area contributed by atoms with Crippen molar-refractivity contribution in [3.05, 3.63) is 46.4 Å². The summed E-state index contributed by atoms with van der Waals surface area (Å²) in [6, 6.07) is 5.86. The summed E-state index contributed by atoms with van der Waals surface area (Å²) < 4.78 is 25.5. The molecule has 0 saturated heterocycles. The minimum Gasteiger partial charge on any atom is -0.493 e. The van der Waals surface area contributed by atoms with E-state index in [2.05, 4.69) is 4.74 Å². The zero-order valence-corrected chi connectivity index (χ0v) is 14.7. The molecule has 0 atom stereocenters. The molecule has 0 N–H and O–H groups in total. The summed E-state index contributed by atoms with van der Waals surface area (Å²) in [7, 11) is 2.69. The Balaban J connectivity index is 2.09. The zero-order chi connectivity index (χ0) is 18.4. The Kier molecular flexibility index (Phi) is 6.30. The number of hydrogen-bond donors (Lipinski definition) is 0. The first kappa shape index (κ1) is 18.7. The van der Waals surface area contributed by atoms with E-state index in [0.717, 1.165) is 0 Å². The first-order valence-electron chi connectivity index (χ1n) is 7.34. The van der Waals surface area contributed by atoms with Gasteiger partial charge in [0.15, 0.2) is 11.5 Å². The summed E-state index contributed by atoms with van der Waals surface area (Å²) in [5.74, 6) is -0.221. The smallest absolute Gasteiger partial charge is 0.373 e. The van der Waals surface area contributed by atoms with Gasteiger partial charge in [-0.05, 0) is 31.2 Å². The fourth-order valence-electron chi connectivity index (χ4n) is 2.01. The lowest BCUT2D eigenvalue weighted by Crippen LogP contribution is -2.06. The number of ether oxygens (including phenoxy) is 4. The van der Waals surface area contributed by atoms with Crippen LogP contribution >= 0.6 is 11.6 Å². The number of benzene rings is 1. The predicted octanol–water partition coefficient (Wildman–Crippen LogP) is 3.48. The summed E-state index contributed by atoms with van der Waals surface area (Å²) >= 11 is 6.12. The van der Waals surface area contributed by atoms with Crippen LogP contribution in [0.3, 0.4) is 0 Å². The second kappa shape index (κ2) is 8.43. The molecule has 1 heterocycles. The van der Waals surface area contributed by atoms with Crippen molar-refractivity contribution in [3.63, 3.8) is 0 Å². The fourth-order valence-corrected chi connectivity index (χ4v) is 2.27. The molecule has 1 aromatic carbocycles. The van der Waals surface area contributed by atoms with Crippen molar-refractivity contribution in [1.82, 2.24) is 0 Å². The minimum absolute atomic E-state index is 0.0272. The molecular weight excluding hydrogens is 352 g/mol. The lowest BCUT2D eigenvalue weighted by atomic mass is 10.2. The van der Waals surface area contributed by atoms with Crippen LogP contribution < -0.4 is 9.47 Å². The van der Waals surface area contributed by atoms with E-state index in [4.69, 9.17) is 30.2 Å². The molecule has 0 aliphatic carbocycles. The molecule has 7 nitrogen and oxygen atoms in total. The molecule has 2 aromatic rings. The second-order valence-corrected chi connectivity index (χ2v) is 5.16. The van der Waals surface area contributed by atoms with Crippen LogP contribution in [0.5, 0.6) is 11.5 Å². The minimum atomic E-state index is -0.626. The average molecular weight is 369 g/mol. The Morgan fingerprint density at radius 3 is 2.56 bits per heavy atom. The van der Waals surface area contributed by atoms with Gasteiger partial charge in [0.1, 0.15) is 12.4 Å². The Morgan fingerprint density at radius 1 is 1.16 bits per heavy atom. The van der Waals surface area contributed by atoms with E-state index < -0.39 is 11.9 Å². The van der Waals surface area contributed by atoms with Crippen LogP contribution in [0.4, 0.5) is 0 Å². The summed E-state index contributed by atoms with van der Waals surface area (Å²) in [5, 5.41) is 0.235. The SMILES string of the molecule is CCOc1c(Cl)cc(C(=O)OCc2ccc(C(=O)OC)o2)cc1OC. The van der Waals surface area contributed by atoms with Crippen molar-refractivity contribution < 1.29 is 33.0 Å². The lowest BCUT2D eigenvalue weighted by Gasteiger charge is -2.12. The molecule has 8 heteroatoms. The largest absolute Gasteiger partial charge is 0.493 e. The average Bonchev–Trinajstić information content (AvgIpc) is 3.09. The highest BCUT2D eigenvalue weighted by Gasteiger charge is 2.18. The molecule has 0 fully saturated rings. The van der Waals surface area contributed by atoms with Crippen LogP contribution in [-0.4, -0.2) is 32.8 Å². The van der Waals surface area contributed by atoms with Gasteiger partial charge in [-0.25, -0.2) is 9.59 Å². The Labute approximate surface area is 149 Å². The molecule has 0 spiro atoms. The fraction of sp³-hybridized carbons (Fsp3) is 0.294. The highest BCUT2D eigenvalue weighted by molar-refractivity contribution is 6.32. The van der Waals surface area contributed by atoms with E-state index in [9.17, 15) is 9.59 Å². The summed E-state index contributed by atoms with van der Waals surface area (Å²) in [6.07, 6.45) is 0. The van der Waals surface area contributed by atoms with E-state index in [1.54, 1.807) is 0 Å². The molecule has 0 unspecified atom stereocenters. The summed E-state index contributed by atoms with van der Waals surface area (Å²) in [4.78, 5) is 23.5. The first-order valence-corrected chi connectivity index (χ1v) is 7.72. The maximum Gasteiger partial charge on any atom is 0.373 e. The molecule has 1 aromatic heterocycles. The number of halogens is 1. The first-order chi connectivity index (χ1) is 12.0. The van der Waals surface area contributed by atoms with E-state index in [-0.39, 0.29) is 23.0 Å². The molecule has 0 radical (unpaired) electrons. The Hall–Kier alpha value is -2.67. The van der Waals surface area contributed by atoms with Gasteiger partial charge < -0.3 is 23.4 Å². The van der Waals surface area contributed by atoms with Gasteiger partial charge in [0.2, 0.25) is 5.76 Å². The third-order valence-electron chi connectivity index (χ3n) is 3.15. The predicted molar refractivity (Wildman–Crippen MR) is 88.3 cm³/mol. The molecule has 25 heavy (non-hydrogen) atoms. The van der Waals surface area contributed by atoms with Crippen molar-refractivity contribution in [2.24, 2.45) is 0 Å². The third kappa shape index (κ3) is 4.45. The highest BCUT2D eigenvalue weighted by atomic mass is 35.5. The van der Waals surface area contributed by atoms with E-state index in [1.807, 2.05) is 6.92 Å². The van der Waals surface area contributed by atoms with E-state index in [1.165, 1.54) is 38.5 Å². The van der Waals surface area contributed by atoms with Gasteiger partial charge in [-0.15, -0.1) is 0 Å². The van der Waals surface area contributed by atoms with Gasteiger partial charge in [0, 0.05) is 0 Å². The van der Waals surface area contributed by atoms with Crippen LogP contribution in [0.1, 0.15) is 33.6 Å². The van der Waals surface area contributed by atoms with Gasteiger partial charge in [-0.1, -0.05) is 11.6 Å². The molecule has 0 aliphatic rings. The Bertz CT molecular complexity index is 766. The molecule has 134 valence electrons. The van der Waals surface area contributed by atoms with Crippen molar-refractivity contribution in [2.75, 3.05) is 20.8 Å². The molecule has 0 bridgehead atoms. The number of esters is 2. The van der Waals surface area contributed by atoms with Gasteiger partial charge in [0.25, 0.3) is 0 Å². The normalized spacial score (nSPS) is 10.2.